The van der Waals surface area contributed by atoms with Gasteiger partial charge in [0, 0.05) is 10.6 Å². The molecule has 16 heavy (non-hydrogen) atoms. The highest BCUT2D eigenvalue weighted by atomic mass is 35.5. The van der Waals surface area contributed by atoms with E-state index in [9.17, 15) is 9.90 Å². The van der Waals surface area contributed by atoms with Crippen LogP contribution in [-0.4, -0.2) is 25.3 Å². The number of esters is 1. The third-order valence-electron chi connectivity index (χ3n) is 2.14. The highest BCUT2D eigenvalue weighted by Gasteiger charge is 2.17. The zero-order valence-electron chi connectivity index (χ0n) is 9.07. The molecule has 0 saturated carbocycles. The molecule has 0 fully saturated rings. The molecule has 1 aromatic rings. The first-order valence-electron chi connectivity index (χ1n) is 4.66. The van der Waals surface area contributed by atoms with Crippen LogP contribution in [0.1, 0.15) is 18.1 Å². The summed E-state index contributed by atoms with van der Waals surface area (Å²) in [6.45, 7) is 0. The molecule has 0 saturated heterocycles. The van der Waals surface area contributed by atoms with Gasteiger partial charge in [0.25, 0.3) is 0 Å². The Hall–Kier alpha value is -1.26. The zero-order valence-corrected chi connectivity index (χ0v) is 9.82. The van der Waals surface area contributed by atoms with E-state index in [1.165, 1.54) is 14.2 Å². The Labute approximate surface area is 98.7 Å². The van der Waals surface area contributed by atoms with Crippen molar-refractivity contribution in [2.45, 2.75) is 12.5 Å². The fraction of sp³-hybridized carbons (Fsp3) is 0.364. The molecule has 5 heteroatoms. The molecular formula is C11H13ClO4. The molecule has 0 spiro atoms. The topological polar surface area (TPSA) is 55.8 Å². The van der Waals surface area contributed by atoms with E-state index in [0.29, 0.717) is 16.3 Å². The van der Waals surface area contributed by atoms with Gasteiger partial charge in [0.05, 0.1) is 26.7 Å². The van der Waals surface area contributed by atoms with Gasteiger partial charge in [-0.15, -0.1) is 0 Å². The van der Waals surface area contributed by atoms with E-state index in [-0.39, 0.29) is 6.42 Å². The summed E-state index contributed by atoms with van der Waals surface area (Å²) < 4.78 is 9.54. The van der Waals surface area contributed by atoms with Gasteiger partial charge in [0.15, 0.2) is 0 Å². The van der Waals surface area contributed by atoms with Crippen molar-refractivity contribution in [3.63, 3.8) is 0 Å². The van der Waals surface area contributed by atoms with E-state index in [0.717, 1.165) is 0 Å². The van der Waals surface area contributed by atoms with Gasteiger partial charge in [-0.3, -0.25) is 4.79 Å². The number of hydrogen-bond acceptors (Lipinski definition) is 4. The molecule has 0 amide bonds. The number of rotatable bonds is 4. The second-order valence-corrected chi connectivity index (χ2v) is 3.62. The van der Waals surface area contributed by atoms with Gasteiger partial charge in [-0.05, 0) is 18.2 Å². The smallest absolute Gasteiger partial charge is 0.308 e. The quantitative estimate of drug-likeness (QED) is 0.823. The Kier molecular flexibility index (Phi) is 4.58. The van der Waals surface area contributed by atoms with E-state index in [2.05, 4.69) is 4.74 Å². The zero-order chi connectivity index (χ0) is 12.1. The average Bonchev–Trinajstić information content (AvgIpc) is 2.28. The molecule has 88 valence electrons. The first-order chi connectivity index (χ1) is 7.58. The van der Waals surface area contributed by atoms with Gasteiger partial charge in [-0.1, -0.05) is 11.6 Å². The minimum absolute atomic E-state index is 0.132. The second-order valence-electron chi connectivity index (χ2n) is 3.18. The van der Waals surface area contributed by atoms with Crippen molar-refractivity contribution >= 4 is 17.6 Å². The number of halogens is 1. The lowest BCUT2D eigenvalue weighted by Gasteiger charge is -2.14. The summed E-state index contributed by atoms with van der Waals surface area (Å²) in [5.74, 6) is -0.00432. The summed E-state index contributed by atoms with van der Waals surface area (Å²) in [4.78, 5) is 11.0. The fourth-order valence-electron chi connectivity index (χ4n) is 1.32. The molecule has 0 aliphatic rings. The van der Waals surface area contributed by atoms with Crippen molar-refractivity contribution in [1.29, 1.82) is 0 Å². The molecular weight excluding hydrogens is 232 g/mol. The van der Waals surface area contributed by atoms with Crippen molar-refractivity contribution < 1.29 is 19.4 Å². The lowest BCUT2D eigenvalue weighted by Crippen LogP contribution is -2.09. The van der Waals surface area contributed by atoms with E-state index in [1.807, 2.05) is 0 Å². The molecule has 4 nitrogen and oxygen atoms in total. The molecule has 0 aliphatic heterocycles. The van der Waals surface area contributed by atoms with Crippen molar-refractivity contribution in [2.24, 2.45) is 0 Å². The van der Waals surface area contributed by atoms with Crippen LogP contribution >= 0.6 is 11.6 Å². The van der Waals surface area contributed by atoms with Gasteiger partial charge in [-0.2, -0.15) is 0 Å². The van der Waals surface area contributed by atoms with Crippen molar-refractivity contribution in [1.82, 2.24) is 0 Å². The molecule has 0 aromatic heterocycles. The van der Waals surface area contributed by atoms with E-state index in [4.69, 9.17) is 16.3 Å². The van der Waals surface area contributed by atoms with Crippen molar-refractivity contribution in [3.8, 4) is 5.75 Å². The SMILES string of the molecule is COC(=O)C[C@H](O)c1cc(Cl)ccc1OC. The monoisotopic (exact) mass is 244 g/mol. The molecule has 0 unspecified atom stereocenters. The van der Waals surface area contributed by atoms with E-state index >= 15 is 0 Å². The maximum atomic E-state index is 11.0. The van der Waals surface area contributed by atoms with Crippen LogP contribution in [0.15, 0.2) is 18.2 Å². The van der Waals surface area contributed by atoms with Gasteiger partial charge in [0.1, 0.15) is 5.75 Å². The Bertz CT molecular complexity index is 378. The summed E-state index contributed by atoms with van der Waals surface area (Å²) in [6, 6.07) is 4.85. The van der Waals surface area contributed by atoms with Crippen LogP contribution in [-0.2, 0) is 9.53 Å². The lowest BCUT2D eigenvalue weighted by atomic mass is 10.1. The minimum atomic E-state index is -0.985. The number of aliphatic hydroxyl groups excluding tert-OH is 1. The number of hydrogen-bond donors (Lipinski definition) is 1. The van der Waals surface area contributed by atoms with E-state index < -0.39 is 12.1 Å². The molecule has 1 atom stereocenters. The van der Waals surface area contributed by atoms with Gasteiger partial charge < -0.3 is 14.6 Å². The molecule has 0 bridgehead atoms. The van der Waals surface area contributed by atoms with Crippen LogP contribution in [0.3, 0.4) is 0 Å². The molecule has 0 aliphatic carbocycles. The maximum absolute atomic E-state index is 11.0. The van der Waals surface area contributed by atoms with Crippen LogP contribution in [0, 0.1) is 0 Å². The van der Waals surface area contributed by atoms with Crippen LogP contribution < -0.4 is 4.74 Å². The molecule has 1 aromatic carbocycles. The summed E-state index contributed by atoms with van der Waals surface area (Å²) >= 11 is 5.81. The van der Waals surface area contributed by atoms with Gasteiger partial charge in [-0.25, -0.2) is 0 Å². The fourth-order valence-corrected chi connectivity index (χ4v) is 1.50. The van der Waals surface area contributed by atoms with E-state index in [1.54, 1.807) is 18.2 Å². The number of aliphatic hydroxyl groups is 1. The van der Waals surface area contributed by atoms with Crippen molar-refractivity contribution in [3.05, 3.63) is 28.8 Å². The number of carbonyl (C=O) groups excluding carboxylic acids is 1. The molecule has 0 radical (unpaired) electrons. The second kappa shape index (κ2) is 5.72. The average molecular weight is 245 g/mol. The number of methoxy groups -OCH3 is 2. The summed E-state index contributed by atoms with van der Waals surface area (Å²) in [5, 5.41) is 10.3. The predicted molar refractivity (Wildman–Crippen MR) is 59.6 cm³/mol. The van der Waals surface area contributed by atoms with Crippen LogP contribution in [0.25, 0.3) is 0 Å². The Morgan fingerprint density at radius 1 is 1.50 bits per heavy atom. The van der Waals surface area contributed by atoms with Crippen LogP contribution in [0.2, 0.25) is 5.02 Å². The predicted octanol–water partition coefficient (Wildman–Crippen LogP) is 1.95. The number of benzene rings is 1. The van der Waals surface area contributed by atoms with Gasteiger partial charge >= 0.3 is 5.97 Å². The normalized spacial score (nSPS) is 12.0. The van der Waals surface area contributed by atoms with Crippen LogP contribution in [0.4, 0.5) is 0 Å². The maximum Gasteiger partial charge on any atom is 0.308 e. The number of carbonyl (C=O) groups is 1. The lowest BCUT2D eigenvalue weighted by molar-refractivity contribution is -0.142. The standard InChI is InChI=1S/C11H13ClO4/c1-15-10-4-3-7(12)5-8(10)9(13)6-11(14)16-2/h3-5,9,13H,6H2,1-2H3/t9-/m0/s1. The highest BCUT2D eigenvalue weighted by molar-refractivity contribution is 6.30. The largest absolute Gasteiger partial charge is 0.496 e. The summed E-state index contributed by atoms with van der Waals surface area (Å²) in [7, 11) is 2.75. The molecule has 0 heterocycles. The number of ether oxygens (including phenoxy) is 2. The Balaban J connectivity index is 2.92. The Morgan fingerprint density at radius 2 is 2.19 bits per heavy atom. The van der Waals surface area contributed by atoms with Gasteiger partial charge in [0.2, 0.25) is 0 Å². The third kappa shape index (κ3) is 3.12. The Morgan fingerprint density at radius 3 is 2.75 bits per heavy atom. The molecule has 1 rings (SSSR count). The first kappa shape index (κ1) is 12.8. The first-order valence-corrected chi connectivity index (χ1v) is 5.04. The minimum Gasteiger partial charge on any atom is -0.496 e. The van der Waals surface area contributed by atoms with Crippen LogP contribution in [0.5, 0.6) is 5.75 Å². The summed E-state index contributed by atoms with van der Waals surface area (Å²) in [6.07, 6.45) is -1.12. The molecule has 1 N–H and O–H groups in total. The third-order valence-corrected chi connectivity index (χ3v) is 2.37. The van der Waals surface area contributed by atoms with Crippen molar-refractivity contribution in [2.75, 3.05) is 14.2 Å². The highest BCUT2D eigenvalue weighted by Crippen LogP contribution is 2.30. The summed E-state index contributed by atoms with van der Waals surface area (Å²) in [5.41, 5.74) is 0.473.